The molecule has 2 atom stereocenters. The Hall–Kier alpha value is -0.120. The van der Waals surface area contributed by atoms with Crippen molar-refractivity contribution in [3.63, 3.8) is 0 Å². The van der Waals surface area contributed by atoms with E-state index in [1.165, 1.54) is 25.7 Å². The highest BCUT2D eigenvalue weighted by Crippen LogP contribution is 2.41. The topological polar surface area (TPSA) is 41.5 Å². The number of hydrogen-bond donors (Lipinski definition) is 2. The molecule has 0 aliphatic heterocycles. The van der Waals surface area contributed by atoms with E-state index in [2.05, 4.69) is 19.2 Å². The van der Waals surface area contributed by atoms with Crippen LogP contribution in [0, 0.1) is 5.92 Å². The van der Waals surface area contributed by atoms with E-state index in [1.54, 1.807) is 0 Å². The van der Waals surface area contributed by atoms with Crippen LogP contribution in [0.4, 0.5) is 0 Å². The number of ether oxygens (including phenoxy) is 1. The number of aliphatic hydroxyl groups is 1. The van der Waals surface area contributed by atoms with Gasteiger partial charge in [0.15, 0.2) is 0 Å². The molecule has 0 spiro atoms. The summed E-state index contributed by atoms with van der Waals surface area (Å²) < 4.78 is 5.95. The van der Waals surface area contributed by atoms with E-state index in [9.17, 15) is 5.11 Å². The maximum atomic E-state index is 9.76. The number of rotatable bonds is 9. The lowest BCUT2D eigenvalue weighted by Gasteiger charge is -2.34. The van der Waals surface area contributed by atoms with Crippen molar-refractivity contribution in [2.45, 2.75) is 70.1 Å². The molecule has 2 rings (SSSR count). The Labute approximate surface area is 105 Å². The summed E-state index contributed by atoms with van der Waals surface area (Å²) in [5.74, 6) is 0.627. The monoisotopic (exact) mass is 241 g/mol. The molecular formula is C14H27NO2. The minimum absolute atomic E-state index is 0.150. The fourth-order valence-electron chi connectivity index (χ4n) is 2.55. The number of aliphatic hydroxyl groups excluding tert-OH is 1. The minimum atomic E-state index is -0.150. The third-order valence-electron chi connectivity index (χ3n) is 4.03. The van der Waals surface area contributed by atoms with Gasteiger partial charge in [-0.15, -0.1) is 0 Å². The average Bonchev–Trinajstić information content (AvgIpc) is 3.16. The van der Waals surface area contributed by atoms with Crippen LogP contribution >= 0.6 is 0 Å². The molecule has 3 nitrogen and oxygen atoms in total. The van der Waals surface area contributed by atoms with Crippen molar-refractivity contribution in [2.75, 3.05) is 13.2 Å². The molecule has 2 fully saturated rings. The molecule has 2 aliphatic rings. The van der Waals surface area contributed by atoms with Gasteiger partial charge < -0.3 is 15.2 Å². The van der Waals surface area contributed by atoms with E-state index in [4.69, 9.17) is 4.74 Å². The highest BCUT2D eigenvalue weighted by molar-refractivity contribution is 5.04. The fourth-order valence-corrected chi connectivity index (χ4v) is 2.55. The molecule has 0 saturated heterocycles. The smallest absolute Gasteiger partial charge is 0.0681 e. The van der Waals surface area contributed by atoms with Crippen LogP contribution in [0.1, 0.15) is 52.4 Å². The number of hydrogen-bond acceptors (Lipinski definition) is 3. The molecule has 0 amide bonds. The predicted octanol–water partition coefficient (Wildman–Crippen LogP) is 2.08. The summed E-state index contributed by atoms with van der Waals surface area (Å²) in [6.45, 7) is 5.21. The van der Waals surface area contributed by atoms with Gasteiger partial charge in [-0.3, -0.25) is 0 Å². The van der Waals surface area contributed by atoms with E-state index in [0.717, 1.165) is 12.8 Å². The molecule has 0 heterocycles. The Balaban J connectivity index is 1.85. The zero-order valence-corrected chi connectivity index (χ0v) is 11.2. The highest BCUT2D eigenvalue weighted by Gasteiger charge is 2.47. The second kappa shape index (κ2) is 5.68. The molecule has 0 aromatic rings. The van der Waals surface area contributed by atoms with Gasteiger partial charge in [-0.05, 0) is 44.9 Å². The summed E-state index contributed by atoms with van der Waals surface area (Å²) in [5.41, 5.74) is -0.150. The molecule has 2 N–H and O–H groups in total. The maximum absolute atomic E-state index is 9.76. The summed E-state index contributed by atoms with van der Waals surface area (Å²) in [6.07, 6.45) is 7.59. The van der Waals surface area contributed by atoms with Crippen molar-refractivity contribution >= 4 is 0 Å². The third kappa shape index (κ3) is 3.67. The van der Waals surface area contributed by atoms with Gasteiger partial charge >= 0.3 is 0 Å². The molecule has 0 aromatic carbocycles. The molecule has 2 unspecified atom stereocenters. The molecule has 3 heteroatoms. The van der Waals surface area contributed by atoms with Crippen molar-refractivity contribution in [2.24, 2.45) is 5.92 Å². The van der Waals surface area contributed by atoms with Crippen LogP contribution in [0.3, 0.4) is 0 Å². The molecule has 0 radical (unpaired) electrons. The molecule has 0 aromatic heterocycles. The van der Waals surface area contributed by atoms with Crippen molar-refractivity contribution in [1.29, 1.82) is 0 Å². The van der Waals surface area contributed by atoms with Gasteiger partial charge in [0.2, 0.25) is 0 Å². The molecule has 17 heavy (non-hydrogen) atoms. The van der Waals surface area contributed by atoms with E-state index in [-0.39, 0.29) is 12.1 Å². The van der Waals surface area contributed by atoms with Crippen molar-refractivity contribution in [3.05, 3.63) is 0 Å². The van der Waals surface area contributed by atoms with E-state index in [1.807, 2.05) is 0 Å². The SMILES string of the molecule is CCCC(C)OCC(CO)(NC1CC1)C1CC1. The molecule has 2 saturated carbocycles. The van der Waals surface area contributed by atoms with Crippen LogP contribution < -0.4 is 5.32 Å². The summed E-state index contributed by atoms with van der Waals surface area (Å²) >= 11 is 0. The fraction of sp³-hybridized carbons (Fsp3) is 1.00. The van der Waals surface area contributed by atoms with Crippen LogP contribution in [0.5, 0.6) is 0 Å². The van der Waals surface area contributed by atoms with Gasteiger partial charge in [-0.1, -0.05) is 13.3 Å². The quantitative estimate of drug-likeness (QED) is 0.649. The first-order valence-corrected chi connectivity index (χ1v) is 7.20. The van der Waals surface area contributed by atoms with Crippen molar-refractivity contribution in [3.8, 4) is 0 Å². The van der Waals surface area contributed by atoms with Crippen LogP contribution in [-0.4, -0.2) is 36.0 Å². The Morgan fingerprint density at radius 1 is 1.35 bits per heavy atom. The van der Waals surface area contributed by atoms with E-state index in [0.29, 0.717) is 24.7 Å². The lowest BCUT2D eigenvalue weighted by molar-refractivity contribution is -0.0151. The standard InChI is InChI=1S/C14H27NO2/c1-3-4-11(2)17-10-14(9-16,12-5-6-12)15-13-7-8-13/h11-13,15-16H,3-10H2,1-2H3. The second-order valence-electron chi connectivity index (χ2n) is 5.92. The normalized spacial score (nSPS) is 25.6. The van der Waals surface area contributed by atoms with Crippen molar-refractivity contribution in [1.82, 2.24) is 5.32 Å². The Morgan fingerprint density at radius 2 is 2.06 bits per heavy atom. The Bertz CT molecular complexity index is 238. The van der Waals surface area contributed by atoms with E-state index >= 15 is 0 Å². The Morgan fingerprint density at radius 3 is 2.53 bits per heavy atom. The van der Waals surface area contributed by atoms with Gasteiger partial charge in [0.25, 0.3) is 0 Å². The Kier molecular flexibility index (Phi) is 4.45. The summed E-state index contributed by atoms with van der Waals surface area (Å²) in [4.78, 5) is 0. The first-order chi connectivity index (χ1) is 8.20. The van der Waals surface area contributed by atoms with Crippen LogP contribution in [0.15, 0.2) is 0 Å². The van der Waals surface area contributed by atoms with Gasteiger partial charge in [-0.25, -0.2) is 0 Å². The first-order valence-electron chi connectivity index (χ1n) is 7.20. The van der Waals surface area contributed by atoms with Gasteiger partial charge in [0.05, 0.1) is 24.9 Å². The molecule has 100 valence electrons. The largest absolute Gasteiger partial charge is 0.394 e. The summed E-state index contributed by atoms with van der Waals surface area (Å²) in [7, 11) is 0. The van der Waals surface area contributed by atoms with Crippen LogP contribution in [0.2, 0.25) is 0 Å². The zero-order valence-electron chi connectivity index (χ0n) is 11.2. The highest BCUT2D eigenvalue weighted by atomic mass is 16.5. The second-order valence-corrected chi connectivity index (χ2v) is 5.92. The maximum Gasteiger partial charge on any atom is 0.0681 e. The first kappa shape index (κ1) is 13.3. The lowest BCUT2D eigenvalue weighted by atomic mass is 9.95. The number of nitrogens with one attached hydrogen (secondary N) is 1. The predicted molar refractivity (Wildman–Crippen MR) is 69.0 cm³/mol. The molecular weight excluding hydrogens is 214 g/mol. The summed E-state index contributed by atoms with van der Waals surface area (Å²) in [5, 5.41) is 13.4. The summed E-state index contributed by atoms with van der Waals surface area (Å²) in [6, 6.07) is 0.632. The molecule has 0 bridgehead atoms. The van der Waals surface area contributed by atoms with Crippen LogP contribution in [0.25, 0.3) is 0 Å². The average molecular weight is 241 g/mol. The van der Waals surface area contributed by atoms with Gasteiger partial charge in [0, 0.05) is 6.04 Å². The zero-order chi connectivity index (χ0) is 12.3. The van der Waals surface area contributed by atoms with Gasteiger partial charge in [-0.2, -0.15) is 0 Å². The van der Waals surface area contributed by atoms with Gasteiger partial charge in [0.1, 0.15) is 0 Å². The van der Waals surface area contributed by atoms with Crippen LogP contribution in [-0.2, 0) is 4.74 Å². The van der Waals surface area contributed by atoms with E-state index < -0.39 is 0 Å². The molecule has 2 aliphatic carbocycles. The lowest BCUT2D eigenvalue weighted by Crippen LogP contribution is -2.55. The third-order valence-corrected chi connectivity index (χ3v) is 4.03. The van der Waals surface area contributed by atoms with Crippen molar-refractivity contribution < 1.29 is 9.84 Å². The minimum Gasteiger partial charge on any atom is -0.394 e.